The summed E-state index contributed by atoms with van der Waals surface area (Å²) in [6.45, 7) is 3.85. The molecule has 0 N–H and O–H groups in total. The second kappa shape index (κ2) is 5.05. The quantitative estimate of drug-likeness (QED) is 0.750. The lowest BCUT2D eigenvalue weighted by atomic mass is 9.78. The van der Waals surface area contributed by atoms with E-state index in [2.05, 4.69) is 6.58 Å². The molecule has 0 radical (unpaired) electrons. The van der Waals surface area contributed by atoms with Crippen molar-refractivity contribution >= 4 is 0 Å². The second-order valence-corrected chi connectivity index (χ2v) is 7.07. The van der Waals surface area contributed by atoms with Gasteiger partial charge in [0.05, 0.1) is 23.9 Å². The fraction of sp³-hybridized carbons (Fsp3) is 0.882. The van der Waals surface area contributed by atoms with Crippen molar-refractivity contribution in [2.75, 3.05) is 7.11 Å². The summed E-state index contributed by atoms with van der Waals surface area (Å²) in [7, 11) is 1.80. The Kier molecular flexibility index (Phi) is 3.41. The highest BCUT2D eigenvalue weighted by Gasteiger charge is 2.63. The van der Waals surface area contributed by atoms with Crippen molar-refractivity contribution in [3.05, 3.63) is 12.7 Å². The molecule has 0 amide bonds. The lowest BCUT2D eigenvalue weighted by Gasteiger charge is -2.37. The van der Waals surface area contributed by atoms with Crippen LogP contribution in [-0.4, -0.2) is 42.9 Å². The Morgan fingerprint density at radius 2 is 1.90 bits per heavy atom. The molecule has 1 spiro atoms. The van der Waals surface area contributed by atoms with E-state index in [9.17, 15) is 0 Å². The molecular weight excluding hydrogens is 268 g/mol. The van der Waals surface area contributed by atoms with Crippen LogP contribution in [0.5, 0.6) is 0 Å². The minimum atomic E-state index is -0.329. The predicted octanol–water partition coefficient (Wildman–Crippen LogP) is 2.95. The van der Waals surface area contributed by atoms with E-state index in [0.29, 0.717) is 0 Å². The van der Waals surface area contributed by atoms with Gasteiger partial charge in [0, 0.05) is 32.8 Å². The molecule has 2 heterocycles. The summed E-state index contributed by atoms with van der Waals surface area (Å²) in [5.41, 5.74) is -0.219. The van der Waals surface area contributed by atoms with Crippen LogP contribution in [0.1, 0.15) is 51.4 Å². The van der Waals surface area contributed by atoms with Gasteiger partial charge in [0.1, 0.15) is 6.10 Å². The first-order chi connectivity index (χ1) is 10.2. The number of rotatable bonds is 3. The van der Waals surface area contributed by atoms with E-state index in [0.717, 1.165) is 32.1 Å². The van der Waals surface area contributed by atoms with Crippen LogP contribution in [0.2, 0.25) is 0 Å². The number of hydrogen-bond acceptors (Lipinski definition) is 4. The van der Waals surface area contributed by atoms with Crippen LogP contribution in [-0.2, 0) is 18.9 Å². The molecule has 2 aliphatic heterocycles. The number of hydrogen-bond donors (Lipinski definition) is 0. The maximum Gasteiger partial charge on any atom is 0.169 e. The van der Waals surface area contributed by atoms with Gasteiger partial charge in [0.25, 0.3) is 0 Å². The van der Waals surface area contributed by atoms with Gasteiger partial charge in [-0.25, -0.2) is 0 Å². The Balaban J connectivity index is 1.56. The van der Waals surface area contributed by atoms with Gasteiger partial charge in [-0.1, -0.05) is 12.5 Å². The third-order valence-corrected chi connectivity index (χ3v) is 5.87. The summed E-state index contributed by atoms with van der Waals surface area (Å²) in [5.74, 6) is -0.329. The Morgan fingerprint density at radius 1 is 1.14 bits per heavy atom. The van der Waals surface area contributed by atoms with Crippen molar-refractivity contribution in [2.24, 2.45) is 0 Å². The monoisotopic (exact) mass is 294 g/mol. The van der Waals surface area contributed by atoms with E-state index in [1.807, 2.05) is 6.08 Å². The largest absolute Gasteiger partial charge is 0.375 e. The van der Waals surface area contributed by atoms with Crippen molar-refractivity contribution in [1.29, 1.82) is 0 Å². The lowest BCUT2D eigenvalue weighted by molar-refractivity contribution is -0.206. The average Bonchev–Trinajstić information content (AvgIpc) is 2.99. The Bertz CT molecular complexity index is 417. The van der Waals surface area contributed by atoms with Crippen molar-refractivity contribution in [1.82, 2.24) is 0 Å². The van der Waals surface area contributed by atoms with E-state index in [-0.39, 0.29) is 35.8 Å². The van der Waals surface area contributed by atoms with Crippen LogP contribution in [0, 0.1) is 0 Å². The highest BCUT2D eigenvalue weighted by molar-refractivity contribution is 5.11. The molecular formula is C17H26O4. The zero-order chi connectivity index (χ0) is 14.5. The van der Waals surface area contributed by atoms with E-state index in [1.54, 1.807) is 7.11 Å². The van der Waals surface area contributed by atoms with Gasteiger partial charge < -0.3 is 18.9 Å². The first kappa shape index (κ1) is 14.2. The molecule has 0 aromatic carbocycles. The third kappa shape index (κ3) is 2.11. The fourth-order valence-electron chi connectivity index (χ4n) is 4.82. The van der Waals surface area contributed by atoms with Gasteiger partial charge in [0.15, 0.2) is 5.79 Å². The highest BCUT2D eigenvalue weighted by Crippen LogP contribution is 2.53. The Morgan fingerprint density at radius 3 is 2.62 bits per heavy atom. The molecule has 4 aliphatic rings. The first-order valence-corrected chi connectivity index (χ1v) is 8.37. The van der Waals surface area contributed by atoms with Gasteiger partial charge in [-0.05, 0) is 19.3 Å². The van der Waals surface area contributed by atoms with E-state index >= 15 is 0 Å². The molecule has 21 heavy (non-hydrogen) atoms. The summed E-state index contributed by atoms with van der Waals surface area (Å²) < 4.78 is 25.0. The lowest BCUT2D eigenvalue weighted by Crippen LogP contribution is -2.49. The third-order valence-electron chi connectivity index (χ3n) is 5.87. The van der Waals surface area contributed by atoms with Crippen molar-refractivity contribution < 1.29 is 18.9 Å². The molecule has 4 nitrogen and oxygen atoms in total. The fourth-order valence-corrected chi connectivity index (χ4v) is 4.82. The van der Waals surface area contributed by atoms with Gasteiger partial charge in [0.2, 0.25) is 0 Å². The van der Waals surface area contributed by atoms with Gasteiger partial charge >= 0.3 is 0 Å². The maximum absolute atomic E-state index is 6.42. The number of methoxy groups -OCH3 is 1. The van der Waals surface area contributed by atoms with Crippen molar-refractivity contribution in [2.45, 2.75) is 87.2 Å². The minimum Gasteiger partial charge on any atom is -0.375 e. The molecule has 4 rings (SSSR count). The summed E-state index contributed by atoms with van der Waals surface area (Å²) in [4.78, 5) is 0. The molecule has 2 aliphatic carbocycles. The summed E-state index contributed by atoms with van der Waals surface area (Å²) in [6.07, 6.45) is 10.7. The summed E-state index contributed by atoms with van der Waals surface area (Å²) in [5, 5.41) is 0. The maximum atomic E-state index is 6.42. The minimum absolute atomic E-state index is 0.0844. The highest BCUT2D eigenvalue weighted by atomic mass is 16.8. The first-order valence-electron chi connectivity index (χ1n) is 8.37. The van der Waals surface area contributed by atoms with E-state index < -0.39 is 0 Å². The molecule has 4 heteroatoms. The van der Waals surface area contributed by atoms with E-state index in [1.165, 1.54) is 19.3 Å². The normalized spacial score (nSPS) is 47.5. The summed E-state index contributed by atoms with van der Waals surface area (Å²) >= 11 is 0. The Hall–Kier alpha value is -0.420. The molecule has 2 saturated heterocycles. The predicted molar refractivity (Wildman–Crippen MR) is 78.0 cm³/mol. The molecule has 5 atom stereocenters. The number of fused-ring (bicyclic) bond motifs is 4. The second-order valence-electron chi connectivity index (χ2n) is 7.07. The van der Waals surface area contributed by atoms with Gasteiger partial charge in [-0.15, -0.1) is 6.58 Å². The van der Waals surface area contributed by atoms with Crippen molar-refractivity contribution in [3.63, 3.8) is 0 Å². The van der Waals surface area contributed by atoms with Gasteiger partial charge in [-0.2, -0.15) is 0 Å². The van der Waals surface area contributed by atoms with Crippen LogP contribution in [0.4, 0.5) is 0 Å². The zero-order valence-corrected chi connectivity index (χ0v) is 12.9. The molecule has 2 bridgehead atoms. The molecule has 0 aromatic rings. The standard InChI is InChI=1S/C17H26O4/c1-3-7-14-16(18-2)10-12(19-14)15-13(11-16)20-17(21-15)8-5-4-6-9-17/h3,12-15H,1,4-11H2,2H3/t12-,13-,14?,15+,16-/m1/s1. The van der Waals surface area contributed by atoms with Crippen molar-refractivity contribution in [3.8, 4) is 0 Å². The van der Waals surface area contributed by atoms with Gasteiger partial charge in [-0.3, -0.25) is 0 Å². The summed E-state index contributed by atoms with van der Waals surface area (Å²) in [6, 6.07) is 0. The van der Waals surface area contributed by atoms with Crippen LogP contribution in [0.25, 0.3) is 0 Å². The molecule has 118 valence electrons. The number of ether oxygens (including phenoxy) is 4. The topological polar surface area (TPSA) is 36.9 Å². The molecule has 0 aromatic heterocycles. The van der Waals surface area contributed by atoms with Crippen LogP contribution in [0.15, 0.2) is 12.7 Å². The van der Waals surface area contributed by atoms with Crippen LogP contribution in [0.3, 0.4) is 0 Å². The van der Waals surface area contributed by atoms with Crippen LogP contribution < -0.4 is 0 Å². The zero-order valence-electron chi connectivity index (χ0n) is 12.9. The Labute approximate surface area is 126 Å². The van der Waals surface area contributed by atoms with E-state index in [4.69, 9.17) is 18.9 Å². The molecule has 2 saturated carbocycles. The van der Waals surface area contributed by atoms with Crippen LogP contribution >= 0.6 is 0 Å². The smallest absolute Gasteiger partial charge is 0.169 e. The molecule has 1 unspecified atom stereocenters. The molecule has 4 fully saturated rings. The SMILES string of the molecule is C=CCC1O[C@@H]2C[C@@]1(OC)C[C@H]1OC3(CCCCC3)O[C@@H]21. The average molecular weight is 294 g/mol.